The molecule has 1 N–H and O–H groups in total. The molecule has 3 fully saturated rings. The Hall–Kier alpha value is -2.94. The van der Waals surface area contributed by atoms with Crippen LogP contribution < -0.4 is 4.74 Å². The van der Waals surface area contributed by atoms with E-state index in [2.05, 4.69) is 29.2 Å². The Labute approximate surface area is 252 Å². The lowest BCUT2D eigenvalue weighted by Crippen LogP contribution is -2.35. The van der Waals surface area contributed by atoms with Crippen molar-refractivity contribution in [3.05, 3.63) is 94.0 Å². The Morgan fingerprint density at radius 1 is 0.929 bits per heavy atom. The number of nitrogens with zero attached hydrogens (tertiary/aromatic N) is 2. The zero-order chi connectivity index (χ0) is 28.9. The van der Waals surface area contributed by atoms with Gasteiger partial charge in [0.2, 0.25) is 0 Å². The molecule has 0 radical (unpaired) electrons. The van der Waals surface area contributed by atoms with E-state index in [-0.39, 0.29) is 18.3 Å². The summed E-state index contributed by atoms with van der Waals surface area (Å²) in [6, 6.07) is 21.4. The highest BCUT2D eigenvalue weighted by Gasteiger charge is 2.40. The fourth-order valence-electron chi connectivity index (χ4n) is 6.41. The summed E-state index contributed by atoms with van der Waals surface area (Å²) in [6.07, 6.45) is 4.72. The summed E-state index contributed by atoms with van der Waals surface area (Å²) in [7, 11) is 0. The predicted molar refractivity (Wildman–Crippen MR) is 162 cm³/mol. The van der Waals surface area contributed by atoms with Crippen LogP contribution in [0.3, 0.4) is 0 Å². The number of rotatable bonds is 7. The summed E-state index contributed by atoms with van der Waals surface area (Å²) >= 11 is 6.02. The van der Waals surface area contributed by atoms with Crippen LogP contribution in [0.25, 0.3) is 0 Å². The molecule has 0 bridgehead atoms. The van der Waals surface area contributed by atoms with Gasteiger partial charge in [-0.1, -0.05) is 29.8 Å². The number of carbonyl (C=O) groups excluding carboxylic acids is 1. The van der Waals surface area contributed by atoms with Crippen LogP contribution in [0.2, 0.25) is 5.02 Å². The number of benzene rings is 3. The molecule has 0 aromatic heterocycles. The number of halogens is 1. The van der Waals surface area contributed by atoms with Crippen molar-refractivity contribution in [2.24, 2.45) is 0 Å². The van der Waals surface area contributed by atoms with Gasteiger partial charge in [0.25, 0.3) is 5.91 Å². The number of carbonyl (C=O) groups is 1. The first-order valence-corrected chi connectivity index (χ1v) is 15.4. The fraction of sp³-hybridized carbons (Fsp3) is 0.441. The monoisotopic (exact) mass is 590 g/mol. The van der Waals surface area contributed by atoms with Crippen LogP contribution in [0.5, 0.6) is 11.5 Å². The molecule has 7 nitrogen and oxygen atoms in total. The second-order valence-electron chi connectivity index (χ2n) is 11.6. The van der Waals surface area contributed by atoms with E-state index < -0.39 is 0 Å². The first kappa shape index (κ1) is 29.1. The molecule has 42 heavy (non-hydrogen) atoms. The Kier molecular flexibility index (Phi) is 9.12. The zero-order valence-electron chi connectivity index (χ0n) is 24.0. The van der Waals surface area contributed by atoms with Gasteiger partial charge in [0.05, 0.1) is 19.8 Å². The molecule has 2 aliphatic heterocycles. The van der Waals surface area contributed by atoms with Crippen molar-refractivity contribution in [3.63, 3.8) is 0 Å². The van der Waals surface area contributed by atoms with Gasteiger partial charge in [-0.25, -0.2) is 0 Å². The van der Waals surface area contributed by atoms with Gasteiger partial charge in [0, 0.05) is 61.7 Å². The van der Waals surface area contributed by atoms with Gasteiger partial charge in [0.15, 0.2) is 5.79 Å². The SMILES string of the molecule is O=C(c1ccc(Oc2ccc(C3CCC4(CC3)OCCO4)cc2CO)cc1)N1CCCN(Cc2ccc(Cl)cc2)CC1. The molecule has 222 valence electrons. The molecule has 1 spiro atoms. The van der Waals surface area contributed by atoms with Crippen molar-refractivity contribution in [1.82, 2.24) is 9.80 Å². The second kappa shape index (κ2) is 13.1. The minimum atomic E-state index is -0.377. The maximum atomic E-state index is 13.3. The highest BCUT2D eigenvalue weighted by molar-refractivity contribution is 6.30. The Morgan fingerprint density at radius 2 is 1.67 bits per heavy atom. The van der Waals surface area contributed by atoms with E-state index in [1.807, 2.05) is 47.4 Å². The summed E-state index contributed by atoms with van der Waals surface area (Å²) in [5, 5.41) is 10.8. The maximum Gasteiger partial charge on any atom is 0.253 e. The average molecular weight is 591 g/mol. The molecule has 1 amide bonds. The standard InChI is InChI=1S/C34H39ClN2O5/c35-30-7-2-25(3-8-30)23-36-16-1-17-37(19-18-36)33(39)27-4-9-31(10-5-27)42-32-11-6-28(22-29(32)24-38)26-12-14-34(15-13-26)40-20-21-41-34/h2-11,22,26,38H,1,12-21,23-24H2. The van der Waals surface area contributed by atoms with Crippen molar-refractivity contribution in [3.8, 4) is 11.5 Å². The predicted octanol–water partition coefficient (Wildman–Crippen LogP) is 6.37. The first-order valence-electron chi connectivity index (χ1n) is 15.1. The maximum absolute atomic E-state index is 13.3. The van der Waals surface area contributed by atoms with E-state index in [1.54, 1.807) is 0 Å². The molecule has 0 unspecified atom stereocenters. The van der Waals surface area contributed by atoms with Gasteiger partial charge in [-0.3, -0.25) is 9.69 Å². The minimum absolute atomic E-state index is 0.0398. The van der Waals surface area contributed by atoms with Gasteiger partial charge in [-0.2, -0.15) is 0 Å². The molecule has 1 aliphatic carbocycles. The third kappa shape index (κ3) is 6.82. The third-order valence-electron chi connectivity index (χ3n) is 8.81. The lowest BCUT2D eigenvalue weighted by Gasteiger charge is -2.35. The number of ether oxygens (including phenoxy) is 3. The molecule has 3 aromatic carbocycles. The topological polar surface area (TPSA) is 71.5 Å². The van der Waals surface area contributed by atoms with Gasteiger partial charge in [0.1, 0.15) is 11.5 Å². The van der Waals surface area contributed by atoms with Crippen LogP contribution >= 0.6 is 11.6 Å². The lowest BCUT2D eigenvalue weighted by atomic mass is 9.80. The van der Waals surface area contributed by atoms with Crippen molar-refractivity contribution >= 4 is 17.5 Å². The smallest absolute Gasteiger partial charge is 0.253 e. The fourth-order valence-corrected chi connectivity index (χ4v) is 6.53. The van der Waals surface area contributed by atoms with E-state index in [9.17, 15) is 9.90 Å². The molecule has 2 heterocycles. The Morgan fingerprint density at radius 3 is 2.38 bits per heavy atom. The number of hydrogen-bond donors (Lipinski definition) is 1. The van der Waals surface area contributed by atoms with E-state index in [1.165, 1.54) is 11.1 Å². The molecule has 0 atom stereocenters. The quantitative estimate of drug-likeness (QED) is 0.345. The number of hydrogen-bond acceptors (Lipinski definition) is 6. The van der Waals surface area contributed by atoms with Crippen LogP contribution in [0.4, 0.5) is 0 Å². The molecular weight excluding hydrogens is 552 g/mol. The highest BCUT2D eigenvalue weighted by atomic mass is 35.5. The van der Waals surface area contributed by atoms with Crippen LogP contribution in [-0.4, -0.2) is 66.0 Å². The summed E-state index contributed by atoms with van der Waals surface area (Å²) in [6.45, 7) is 5.34. The zero-order valence-corrected chi connectivity index (χ0v) is 24.7. The Bertz CT molecular complexity index is 1350. The molecular formula is C34H39ClN2O5. The van der Waals surface area contributed by atoms with E-state index in [4.69, 9.17) is 25.8 Å². The summed E-state index contributed by atoms with van der Waals surface area (Å²) in [4.78, 5) is 17.6. The summed E-state index contributed by atoms with van der Waals surface area (Å²) in [5.41, 5.74) is 3.85. The normalized spacial score (nSPS) is 19.6. The average Bonchev–Trinajstić information content (AvgIpc) is 3.34. The molecule has 2 saturated heterocycles. The largest absolute Gasteiger partial charge is 0.457 e. The Balaban J connectivity index is 1.04. The van der Waals surface area contributed by atoms with Crippen LogP contribution in [0, 0.1) is 0 Å². The number of aliphatic hydroxyl groups excluding tert-OH is 1. The van der Waals surface area contributed by atoms with Gasteiger partial charge in [-0.05, 0) is 84.8 Å². The minimum Gasteiger partial charge on any atom is -0.457 e. The van der Waals surface area contributed by atoms with Crippen molar-refractivity contribution in [1.29, 1.82) is 0 Å². The second-order valence-corrected chi connectivity index (χ2v) is 12.0. The van der Waals surface area contributed by atoms with Crippen molar-refractivity contribution in [2.75, 3.05) is 39.4 Å². The highest BCUT2D eigenvalue weighted by Crippen LogP contribution is 2.43. The van der Waals surface area contributed by atoms with Gasteiger partial charge >= 0.3 is 0 Å². The summed E-state index contributed by atoms with van der Waals surface area (Å²) < 4.78 is 17.9. The van der Waals surface area contributed by atoms with Gasteiger partial charge in [-0.15, -0.1) is 0 Å². The molecule has 6 rings (SSSR count). The van der Waals surface area contributed by atoms with Crippen LogP contribution in [0.1, 0.15) is 65.1 Å². The molecule has 8 heteroatoms. The van der Waals surface area contributed by atoms with Crippen molar-refractivity contribution < 1.29 is 24.1 Å². The lowest BCUT2D eigenvalue weighted by molar-refractivity contribution is -0.178. The van der Waals surface area contributed by atoms with Crippen molar-refractivity contribution in [2.45, 2.75) is 57.0 Å². The molecule has 3 aromatic rings. The van der Waals surface area contributed by atoms with Gasteiger partial charge < -0.3 is 24.2 Å². The van der Waals surface area contributed by atoms with E-state index in [0.29, 0.717) is 42.7 Å². The van der Waals surface area contributed by atoms with E-state index >= 15 is 0 Å². The first-order chi connectivity index (χ1) is 20.5. The molecule has 1 saturated carbocycles. The third-order valence-corrected chi connectivity index (χ3v) is 9.06. The van der Waals surface area contributed by atoms with Crippen LogP contribution in [-0.2, 0) is 22.6 Å². The number of amides is 1. The van der Waals surface area contributed by atoms with Crippen LogP contribution in [0.15, 0.2) is 66.7 Å². The number of aliphatic hydroxyl groups is 1. The molecule has 3 aliphatic rings. The van der Waals surface area contributed by atoms with E-state index in [0.717, 1.165) is 68.9 Å². The summed E-state index contributed by atoms with van der Waals surface area (Å²) in [5.74, 6) is 1.34.